The minimum absolute atomic E-state index is 0.00241. The molecule has 3 rings (SSSR count). The maximum absolute atomic E-state index is 11.0. The summed E-state index contributed by atoms with van der Waals surface area (Å²) in [5, 5.41) is 12.3. The Labute approximate surface area is 128 Å². The van der Waals surface area contributed by atoms with E-state index >= 15 is 0 Å². The number of carboxylic acids is 1. The summed E-state index contributed by atoms with van der Waals surface area (Å²) in [6, 6.07) is 9.04. The van der Waals surface area contributed by atoms with Crippen LogP contribution in [0.2, 0.25) is 0 Å². The monoisotopic (exact) mass is 299 g/mol. The van der Waals surface area contributed by atoms with E-state index < -0.39 is 5.97 Å². The Morgan fingerprint density at radius 3 is 3.00 bits per heavy atom. The maximum Gasteiger partial charge on any atom is 0.354 e. The van der Waals surface area contributed by atoms with Gasteiger partial charge < -0.3 is 15.2 Å². The Morgan fingerprint density at radius 1 is 1.32 bits per heavy atom. The molecular weight excluding hydrogens is 282 g/mol. The second kappa shape index (κ2) is 6.53. The number of hydrogen-bond acceptors (Lipinski definition) is 5. The van der Waals surface area contributed by atoms with E-state index in [9.17, 15) is 4.79 Å². The molecule has 2 aromatic rings. The van der Waals surface area contributed by atoms with Crippen molar-refractivity contribution in [3.8, 4) is 0 Å². The van der Waals surface area contributed by atoms with Gasteiger partial charge in [-0.25, -0.2) is 9.78 Å². The van der Waals surface area contributed by atoms with Crippen LogP contribution >= 0.6 is 0 Å². The van der Waals surface area contributed by atoms with Gasteiger partial charge >= 0.3 is 5.97 Å². The van der Waals surface area contributed by atoms with E-state index in [-0.39, 0.29) is 17.8 Å². The zero-order valence-corrected chi connectivity index (χ0v) is 12.0. The predicted octanol–water partition coefficient (Wildman–Crippen LogP) is 2.51. The molecule has 1 fully saturated rings. The van der Waals surface area contributed by atoms with Crippen molar-refractivity contribution < 1.29 is 14.6 Å². The molecule has 2 N–H and O–H groups in total. The number of nitrogens with one attached hydrogen (secondary N) is 1. The molecule has 1 aliphatic rings. The lowest BCUT2D eigenvalue weighted by Gasteiger charge is -2.30. The number of anilines is 1. The summed E-state index contributed by atoms with van der Waals surface area (Å²) in [4.78, 5) is 19.2. The van der Waals surface area contributed by atoms with Gasteiger partial charge in [-0.2, -0.15) is 0 Å². The van der Waals surface area contributed by atoms with Crippen molar-refractivity contribution in [1.29, 1.82) is 0 Å². The third kappa shape index (κ3) is 3.40. The third-order valence-electron chi connectivity index (χ3n) is 3.66. The molecule has 2 atom stereocenters. The number of carboxylic acid groups (broad SMARTS) is 1. The van der Waals surface area contributed by atoms with Crippen LogP contribution in [-0.4, -0.2) is 33.7 Å². The third-order valence-corrected chi connectivity index (χ3v) is 3.66. The fourth-order valence-electron chi connectivity index (χ4n) is 2.57. The Kier molecular flexibility index (Phi) is 4.29. The first-order chi connectivity index (χ1) is 10.7. The number of rotatable bonds is 4. The molecule has 1 saturated heterocycles. The smallest absolute Gasteiger partial charge is 0.354 e. The van der Waals surface area contributed by atoms with Crippen LogP contribution in [0.1, 0.15) is 35.0 Å². The molecule has 2 unspecified atom stereocenters. The molecule has 6 nitrogen and oxygen atoms in total. The van der Waals surface area contributed by atoms with Gasteiger partial charge in [0.2, 0.25) is 0 Å². The van der Waals surface area contributed by atoms with Crippen LogP contribution in [0, 0.1) is 0 Å². The van der Waals surface area contributed by atoms with Crippen LogP contribution in [0.5, 0.6) is 0 Å². The summed E-state index contributed by atoms with van der Waals surface area (Å²) >= 11 is 0. The fourth-order valence-corrected chi connectivity index (χ4v) is 2.57. The van der Waals surface area contributed by atoms with Crippen LogP contribution in [0.4, 0.5) is 5.82 Å². The largest absolute Gasteiger partial charge is 0.477 e. The highest BCUT2D eigenvalue weighted by atomic mass is 16.5. The Hall–Kier alpha value is -2.47. The minimum Gasteiger partial charge on any atom is -0.477 e. The van der Waals surface area contributed by atoms with Crippen LogP contribution < -0.4 is 5.32 Å². The summed E-state index contributed by atoms with van der Waals surface area (Å²) < 4.78 is 5.80. The first-order valence-corrected chi connectivity index (χ1v) is 7.21. The van der Waals surface area contributed by atoms with Crippen LogP contribution in [0.15, 0.2) is 42.7 Å². The average molecular weight is 299 g/mol. The lowest BCUT2D eigenvalue weighted by Crippen LogP contribution is -2.30. The van der Waals surface area contributed by atoms with Gasteiger partial charge in [0.1, 0.15) is 5.82 Å². The number of pyridine rings is 2. The second-order valence-corrected chi connectivity index (χ2v) is 5.22. The highest BCUT2D eigenvalue weighted by molar-refractivity contribution is 5.85. The van der Waals surface area contributed by atoms with Crippen molar-refractivity contribution in [3.05, 3.63) is 54.0 Å². The SMILES string of the molecule is O=C(O)c1cccc(NC2CCOC(c3cccnc3)C2)n1. The maximum atomic E-state index is 11.0. The number of ether oxygens (including phenoxy) is 1. The number of hydrogen-bond donors (Lipinski definition) is 2. The Morgan fingerprint density at radius 2 is 2.23 bits per heavy atom. The lowest BCUT2D eigenvalue weighted by atomic mass is 9.98. The van der Waals surface area contributed by atoms with E-state index in [1.54, 1.807) is 18.3 Å². The van der Waals surface area contributed by atoms with E-state index in [2.05, 4.69) is 15.3 Å². The van der Waals surface area contributed by atoms with Gasteiger partial charge in [-0.1, -0.05) is 12.1 Å². The van der Waals surface area contributed by atoms with Crippen LogP contribution in [-0.2, 0) is 4.74 Å². The highest BCUT2D eigenvalue weighted by Crippen LogP contribution is 2.28. The normalized spacial score (nSPS) is 21.3. The number of carbonyl (C=O) groups is 1. The zero-order chi connectivity index (χ0) is 15.4. The average Bonchev–Trinajstić information content (AvgIpc) is 2.56. The molecule has 0 aromatic carbocycles. The standard InChI is InChI=1S/C16H17N3O3/c20-16(21)13-4-1-5-15(19-13)18-12-6-8-22-14(9-12)11-3-2-7-17-10-11/h1-5,7,10,12,14H,6,8-9H2,(H,18,19)(H,20,21). The molecule has 0 spiro atoms. The summed E-state index contributed by atoms with van der Waals surface area (Å²) in [6.07, 6.45) is 5.21. The first kappa shape index (κ1) is 14.5. The molecule has 0 bridgehead atoms. The van der Waals surface area contributed by atoms with Gasteiger partial charge in [0.05, 0.1) is 6.10 Å². The molecule has 0 radical (unpaired) electrons. The number of nitrogens with zero attached hydrogens (tertiary/aromatic N) is 2. The van der Waals surface area contributed by atoms with Gasteiger partial charge in [0, 0.05) is 25.0 Å². The van der Waals surface area contributed by atoms with Crippen molar-refractivity contribution in [2.75, 3.05) is 11.9 Å². The van der Waals surface area contributed by atoms with Crippen LogP contribution in [0.3, 0.4) is 0 Å². The topological polar surface area (TPSA) is 84.3 Å². The van der Waals surface area contributed by atoms with E-state index in [0.717, 1.165) is 18.4 Å². The molecule has 2 aromatic heterocycles. The number of aromatic carboxylic acids is 1. The summed E-state index contributed by atoms with van der Waals surface area (Å²) in [5.41, 5.74) is 1.10. The quantitative estimate of drug-likeness (QED) is 0.902. The van der Waals surface area contributed by atoms with Crippen molar-refractivity contribution in [2.45, 2.75) is 25.0 Å². The first-order valence-electron chi connectivity index (χ1n) is 7.21. The second-order valence-electron chi connectivity index (χ2n) is 5.22. The molecule has 6 heteroatoms. The molecular formula is C16H17N3O3. The van der Waals surface area contributed by atoms with E-state index in [0.29, 0.717) is 12.4 Å². The van der Waals surface area contributed by atoms with Crippen LogP contribution in [0.25, 0.3) is 0 Å². The minimum atomic E-state index is -1.02. The van der Waals surface area contributed by atoms with E-state index in [1.807, 2.05) is 18.3 Å². The lowest BCUT2D eigenvalue weighted by molar-refractivity contribution is 0.00954. The Balaban J connectivity index is 1.68. The van der Waals surface area contributed by atoms with Crippen molar-refractivity contribution in [3.63, 3.8) is 0 Å². The van der Waals surface area contributed by atoms with Gasteiger partial charge in [0.25, 0.3) is 0 Å². The molecule has 0 aliphatic carbocycles. The van der Waals surface area contributed by atoms with Gasteiger partial charge in [-0.05, 0) is 36.6 Å². The predicted molar refractivity (Wildman–Crippen MR) is 80.8 cm³/mol. The van der Waals surface area contributed by atoms with E-state index in [4.69, 9.17) is 9.84 Å². The summed E-state index contributed by atoms with van der Waals surface area (Å²) in [6.45, 7) is 0.649. The molecule has 0 amide bonds. The summed E-state index contributed by atoms with van der Waals surface area (Å²) in [5.74, 6) is -0.444. The zero-order valence-electron chi connectivity index (χ0n) is 12.0. The molecule has 114 valence electrons. The van der Waals surface area contributed by atoms with Gasteiger partial charge in [-0.15, -0.1) is 0 Å². The molecule has 3 heterocycles. The van der Waals surface area contributed by atoms with E-state index in [1.165, 1.54) is 6.07 Å². The fraction of sp³-hybridized carbons (Fsp3) is 0.312. The summed E-state index contributed by atoms with van der Waals surface area (Å²) in [7, 11) is 0. The van der Waals surface area contributed by atoms with Crippen molar-refractivity contribution >= 4 is 11.8 Å². The number of aromatic nitrogens is 2. The van der Waals surface area contributed by atoms with Crippen molar-refractivity contribution in [1.82, 2.24) is 9.97 Å². The highest BCUT2D eigenvalue weighted by Gasteiger charge is 2.24. The van der Waals surface area contributed by atoms with Crippen molar-refractivity contribution in [2.24, 2.45) is 0 Å². The molecule has 22 heavy (non-hydrogen) atoms. The van der Waals surface area contributed by atoms with Gasteiger partial charge in [0.15, 0.2) is 5.69 Å². The molecule has 1 aliphatic heterocycles. The molecule has 0 saturated carbocycles. The Bertz CT molecular complexity index is 648. The van der Waals surface area contributed by atoms with Gasteiger partial charge in [-0.3, -0.25) is 4.98 Å².